The predicted molar refractivity (Wildman–Crippen MR) is 112 cm³/mol. The molecule has 3 aliphatic carbocycles. The van der Waals surface area contributed by atoms with Crippen molar-refractivity contribution in [2.24, 2.45) is 17.6 Å². The number of ketones is 2. The lowest BCUT2D eigenvalue weighted by atomic mass is 9.59. The molecule has 1 fully saturated rings. The molecule has 0 bridgehead atoms. The highest BCUT2D eigenvalue weighted by Crippen LogP contribution is 2.52. The number of methoxy groups -OCH3 is 1. The zero-order valence-electron chi connectivity index (χ0n) is 17.5. The molecule has 6 N–H and O–H groups in total. The lowest BCUT2D eigenvalue weighted by Crippen LogP contribution is -2.58. The molecule has 3 atom stereocenters. The number of aromatic hydroxyl groups is 1. The van der Waals surface area contributed by atoms with Gasteiger partial charge < -0.3 is 30.9 Å². The number of amides is 1. The van der Waals surface area contributed by atoms with Crippen molar-refractivity contribution in [1.29, 1.82) is 0 Å². The van der Waals surface area contributed by atoms with Gasteiger partial charge in [-0.15, -0.1) is 0 Å². The predicted octanol–water partition coefficient (Wildman–Crippen LogP) is 0.610. The maximum Gasteiger partial charge on any atom is 0.330 e. The minimum Gasteiger partial charge on any atom is -0.508 e. The Hall–Kier alpha value is -3.92. The van der Waals surface area contributed by atoms with Gasteiger partial charge in [-0.1, -0.05) is 6.07 Å². The van der Waals surface area contributed by atoms with Gasteiger partial charge in [0.05, 0.1) is 12.7 Å². The second-order valence-corrected chi connectivity index (χ2v) is 8.29. The monoisotopic (exact) mass is 455 g/mol. The summed E-state index contributed by atoms with van der Waals surface area (Å²) in [4.78, 5) is 48.9. The third kappa shape index (κ3) is 3.13. The van der Waals surface area contributed by atoms with Gasteiger partial charge in [0.2, 0.25) is 5.78 Å². The molecule has 1 amide bonds. The summed E-state index contributed by atoms with van der Waals surface area (Å²) in [5.41, 5.74) is 2.39. The number of aliphatic hydroxyl groups excluding tert-OH is 2. The van der Waals surface area contributed by atoms with Gasteiger partial charge in [-0.05, 0) is 42.0 Å². The van der Waals surface area contributed by atoms with Crippen LogP contribution < -0.4 is 5.73 Å². The van der Waals surface area contributed by atoms with Crippen LogP contribution in [-0.4, -0.2) is 56.6 Å². The van der Waals surface area contributed by atoms with Crippen molar-refractivity contribution in [2.75, 3.05) is 7.11 Å². The standard InChI is InChI=1S/C23H21NO9/c1-33-15(27)5-3-9-2-4-13(25)17-12(9)7-10-6-11-8-14(26)18(22(24)31)21(30)23(11,32)20(29)16(10)19(17)28/h2-5,10-11,25,28,30,32H,6-8H2,1H3,(H2,24,31)/b5-3+. The van der Waals surface area contributed by atoms with Crippen LogP contribution in [0.25, 0.3) is 11.8 Å². The van der Waals surface area contributed by atoms with E-state index in [9.17, 15) is 39.6 Å². The summed E-state index contributed by atoms with van der Waals surface area (Å²) in [6.07, 6.45) is 2.39. The molecule has 0 spiro atoms. The highest BCUT2D eigenvalue weighted by Gasteiger charge is 2.60. The number of esters is 1. The van der Waals surface area contributed by atoms with Crippen LogP contribution in [0.15, 0.2) is 35.1 Å². The molecule has 0 radical (unpaired) electrons. The van der Waals surface area contributed by atoms with E-state index in [2.05, 4.69) is 4.74 Å². The fourth-order valence-corrected chi connectivity index (χ4v) is 5.03. The lowest BCUT2D eigenvalue weighted by molar-refractivity contribution is -0.147. The molecule has 0 aromatic heterocycles. The van der Waals surface area contributed by atoms with Gasteiger partial charge in [0.1, 0.15) is 22.8 Å². The first-order valence-electron chi connectivity index (χ1n) is 10.1. The van der Waals surface area contributed by atoms with Crippen LogP contribution in [0.4, 0.5) is 0 Å². The Labute approximate surface area is 187 Å². The first kappa shape index (κ1) is 22.3. The molecule has 10 nitrogen and oxygen atoms in total. The normalized spacial score (nSPS) is 26.7. The molecule has 3 unspecified atom stereocenters. The minimum atomic E-state index is -2.60. The Morgan fingerprint density at radius 3 is 2.52 bits per heavy atom. The number of hydrogen-bond acceptors (Lipinski definition) is 9. The fraction of sp³-hybridized carbons (Fsp3) is 0.304. The quantitative estimate of drug-likeness (QED) is 0.247. The second-order valence-electron chi connectivity index (χ2n) is 8.29. The Bertz CT molecular complexity index is 1220. The number of rotatable bonds is 3. The summed E-state index contributed by atoms with van der Waals surface area (Å²) < 4.78 is 4.58. The summed E-state index contributed by atoms with van der Waals surface area (Å²) >= 11 is 0. The van der Waals surface area contributed by atoms with Crippen molar-refractivity contribution in [3.05, 3.63) is 51.8 Å². The molecule has 0 heterocycles. The number of phenols is 1. The van der Waals surface area contributed by atoms with Crippen molar-refractivity contribution in [2.45, 2.75) is 24.9 Å². The molecule has 172 valence electrons. The van der Waals surface area contributed by atoms with Crippen LogP contribution in [-0.2, 0) is 30.3 Å². The topological polar surface area (TPSA) is 184 Å². The average Bonchev–Trinajstić information content (AvgIpc) is 2.75. The Morgan fingerprint density at radius 2 is 1.88 bits per heavy atom. The number of primary amides is 1. The molecule has 1 aromatic rings. The number of nitrogens with two attached hydrogens (primary N) is 1. The molecular weight excluding hydrogens is 434 g/mol. The van der Waals surface area contributed by atoms with E-state index in [1.54, 1.807) is 0 Å². The molecule has 1 aromatic carbocycles. The van der Waals surface area contributed by atoms with Gasteiger partial charge in [-0.25, -0.2) is 4.79 Å². The van der Waals surface area contributed by atoms with Gasteiger partial charge >= 0.3 is 5.97 Å². The van der Waals surface area contributed by atoms with Crippen molar-refractivity contribution in [3.63, 3.8) is 0 Å². The molecule has 4 rings (SSSR count). The molecule has 0 saturated heterocycles. The zero-order valence-corrected chi connectivity index (χ0v) is 17.5. The van der Waals surface area contributed by atoms with Gasteiger partial charge in [0.25, 0.3) is 5.91 Å². The van der Waals surface area contributed by atoms with E-state index in [0.717, 1.165) is 0 Å². The van der Waals surface area contributed by atoms with Crippen LogP contribution >= 0.6 is 0 Å². The number of Topliss-reactive ketones (excluding diaryl/α,β-unsaturated/α-hetero) is 2. The van der Waals surface area contributed by atoms with Gasteiger partial charge in [0.15, 0.2) is 11.4 Å². The zero-order chi connectivity index (χ0) is 24.2. The van der Waals surface area contributed by atoms with Crippen molar-refractivity contribution in [3.8, 4) is 5.75 Å². The van der Waals surface area contributed by atoms with Gasteiger partial charge in [-0.3, -0.25) is 14.4 Å². The third-order valence-corrected chi connectivity index (χ3v) is 6.58. The summed E-state index contributed by atoms with van der Waals surface area (Å²) in [5, 5.41) is 43.1. The van der Waals surface area contributed by atoms with E-state index in [-0.39, 0.29) is 29.7 Å². The van der Waals surface area contributed by atoms with Gasteiger partial charge in [0, 0.05) is 24.0 Å². The summed E-state index contributed by atoms with van der Waals surface area (Å²) in [7, 11) is 1.22. The summed E-state index contributed by atoms with van der Waals surface area (Å²) in [5.74, 6) is -7.47. The third-order valence-electron chi connectivity index (χ3n) is 6.58. The molecule has 0 aliphatic heterocycles. The van der Waals surface area contributed by atoms with Crippen LogP contribution in [0.3, 0.4) is 0 Å². The van der Waals surface area contributed by atoms with Crippen molar-refractivity contribution in [1.82, 2.24) is 0 Å². The number of phenolic OH excluding ortho intramolecular Hbond substituents is 1. The van der Waals surface area contributed by atoms with Crippen LogP contribution in [0, 0.1) is 11.8 Å². The number of fused-ring (bicyclic) bond motifs is 3. The maximum absolute atomic E-state index is 13.4. The number of benzene rings is 1. The number of ether oxygens (including phenoxy) is 1. The first-order valence-corrected chi connectivity index (χ1v) is 10.1. The molecular formula is C23H21NO9. The average molecular weight is 455 g/mol. The molecule has 3 aliphatic rings. The fourth-order valence-electron chi connectivity index (χ4n) is 5.03. The number of carbonyl (C=O) groups excluding carboxylic acids is 4. The van der Waals surface area contributed by atoms with Crippen molar-refractivity contribution < 1.29 is 44.3 Å². The van der Waals surface area contributed by atoms with Crippen LogP contribution in [0.2, 0.25) is 0 Å². The largest absolute Gasteiger partial charge is 0.508 e. The number of carbonyl (C=O) groups is 4. The highest BCUT2D eigenvalue weighted by molar-refractivity contribution is 6.22. The maximum atomic E-state index is 13.4. The highest BCUT2D eigenvalue weighted by atomic mass is 16.5. The van der Waals surface area contributed by atoms with E-state index in [1.807, 2.05) is 0 Å². The van der Waals surface area contributed by atoms with Crippen molar-refractivity contribution >= 4 is 35.3 Å². The summed E-state index contributed by atoms with van der Waals surface area (Å²) in [6, 6.07) is 2.81. The Balaban J connectivity index is 1.89. The lowest BCUT2D eigenvalue weighted by Gasteiger charge is -2.46. The Kier molecular flexibility index (Phi) is 5.13. The van der Waals surface area contributed by atoms with Crippen LogP contribution in [0.1, 0.15) is 29.5 Å². The second kappa shape index (κ2) is 7.59. The Morgan fingerprint density at radius 1 is 1.18 bits per heavy atom. The summed E-state index contributed by atoms with van der Waals surface area (Å²) in [6.45, 7) is 0. The SMILES string of the molecule is COC(=O)/C=C/c1ccc(O)c2c1CC1CC3CC(=O)C(C(N)=O)=C(O)C3(O)C(=O)C1=C2O. The molecule has 10 heteroatoms. The van der Waals surface area contributed by atoms with E-state index < -0.39 is 64.4 Å². The first-order chi connectivity index (χ1) is 15.5. The minimum absolute atomic E-state index is 0.0265. The number of aliphatic hydroxyl groups is 3. The van der Waals surface area contributed by atoms with Gasteiger partial charge in [-0.2, -0.15) is 0 Å². The number of hydrogen-bond donors (Lipinski definition) is 5. The van der Waals surface area contributed by atoms with Crippen LogP contribution in [0.5, 0.6) is 5.75 Å². The van der Waals surface area contributed by atoms with E-state index >= 15 is 0 Å². The van der Waals surface area contributed by atoms with E-state index in [1.165, 1.54) is 31.4 Å². The molecule has 33 heavy (non-hydrogen) atoms. The van der Waals surface area contributed by atoms with E-state index in [0.29, 0.717) is 11.1 Å². The van der Waals surface area contributed by atoms with E-state index in [4.69, 9.17) is 5.73 Å². The molecule has 1 saturated carbocycles. The smallest absolute Gasteiger partial charge is 0.330 e.